The Morgan fingerprint density at radius 3 is 3.12 bits per heavy atom. The molecule has 2 rings (SSSR count). The molecular formula is C12H22N2O2S. The maximum absolute atomic E-state index is 5.58. The molecule has 0 aromatic heterocycles. The first-order valence-electron chi connectivity index (χ1n) is 6.37. The summed E-state index contributed by atoms with van der Waals surface area (Å²) >= 11 is 1.81. The minimum atomic E-state index is 0.133. The standard InChI is InChI=1S/C12H22N2O2S/c1-3-12(2)4-7-17-11(14-12)13-8-10-9-15-5-6-16-10/h10H,3-9H2,1-2H3,(H,13,14). The van der Waals surface area contributed by atoms with Crippen LogP contribution < -0.4 is 5.32 Å². The summed E-state index contributed by atoms with van der Waals surface area (Å²) in [7, 11) is 0. The largest absolute Gasteiger partial charge is 0.376 e. The van der Waals surface area contributed by atoms with Crippen molar-refractivity contribution in [1.82, 2.24) is 5.32 Å². The third-order valence-electron chi connectivity index (χ3n) is 3.41. The van der Waals surface area contributed by atoms with Gasteiger partial charge in [0, 0.05) is 11.3 Å². The second-order valence-corrected chi connectivity index (χ2v) is 5.93. The molecular weight excluding hydrogens is 236 g/mol. The fourth-order valence-corrected chi connectivity index (χ4v) is 3.14. The zero-order valence-electron chi connectivity index (χ0n) is 10.7. The Balaban J connectivity index is 1.83. The highest BCUT2D eigenvalue weighted by atomic mass is 32.2. The topological polar surface area (TPSA) is 42.9 Å². The predicted octanol–water partition coefficient (Wildman–Crippen LogP) is 1.65. The van der Waals surface area contributed by atoms with E-state index < -0.39 is 0 Å². The van der Waals surface area contributed by atoms with E-state index in [2.05, 4.69) is 24.2 Å². The van der Waals surface area contributed by atoms with E-state index in [0.29, 0.717) is 26.4 Å². The molecule has 5 heteroatoms. The van der Waals surface area contributed by atoms with Crippen LogP contribution in [-0.4, -0.2) is 48.9 Å². The first-order valence-corrected chi connectivity index (χ1v) is 7.35. The van der Waals surface area contributed by atoms with Crippen LogP contribution >= 0.6 is 11.8 Å². The molecule has 2 atom stereocenters. The monoisotopic (exact) mass is 258 g/mol. The molecule has 2 heterocycles. The summed E-state index contributed by atoms with van der Waals surface area (Å²) in [5.74, 6) is 1.15. The van der Waals surface area contributed by atoms with Crippen molar-refractivity contribution >= 4 is 16.9 Å². The fourth-order valence-electron chi connectivity index (χ4n) is 1.91. The second-order valence-electron chi connectivity index (χ2n) is 4.85. The van der Waals surface area contributed by atoms with Crippen molar-refractivity contribution in [2.75, 3.05) is 32.1 Å². The third kappa shape index (κ3) is 3.86. The van der Waals surface area contributed by atoms with Crippen LogP contribution in [0.3, 0.4) is 0 Å². The van der Waals surface area contributed by atoms with Gasteiger partial charge in [-0.1, -0.05) is 18.7 Å². The van der Waals surface area contributed by atoms with E-state index >= 15 is 0 Å². The van der Waals surface area contributed by atoms with Gasteiger partial charge in [-0.3, -0.25) is 4.99 Å². The number of rotatable bonds is 3. The molecule has 4 nitrogen and oxygen atoms in total. The zero-order chi connectivity index (χ0) is 12.1. The molecule has 0 spiro atoms. The van der Waals surface area contributed by atoms with Crippen molar-refractivity contribution in [2.24, 2.45) is 4.99 Å². The van der Waals surface area contributed by atoms with E-state index in [0.717, 1.165) is 17.3 Å². The lowest BCUT2D eigenvalue weighted by Crippen LogP contribution is -2.48. The molecule has 0 radical (unpaired) electrons. The smallest absolute Gasteiger partial charge is 0.157 e. The molecule has 98 valence electrons. The molecule has 2 aliphatic heterocycles. The van der Waals surface area contributed by atoms with E-state index in [1.165, 1.54) is 6.42 Å². The van der Waals surface area contributed by atoms with Crippen molar-refractivity contribution in [3.8, 4) is 0 Å². The van der Waals surface area contributed by atoms with Crippen LogP contribution in [0.2, 0.25) is 0 Å². The number of amidine groups is 1. The number of hydrogen-bond donors (Lipinski definition) is 1. The third-order valence-corrected chi connectivity index (χ3v) is 4.32. The first-order chi connectivity index (χ1) is 8.22. The number of hydrogen-bond acceptors (Lipinski definition) is 4. The Morgan fingerprint density at radius 1 is 1.53 bits per heavy atom. The summed E-state index contributed by atoms with van der Waals surface area (Å²) in [6, 6.07) is 0. The number of aliphatic imine (C=N–C) groups is 1. The van der Waals surface area contributed by atoms with Crippen molar-refractivity contribution in [1.29, 1.82) is 0 Å². The number of nitrogens with one attached hydrogen (secondary N) is 1. The number of thioether (sulfide) groups is 1. The van der Waals surface area contributed by atoms with E-state index in [-0.39, 0.29) is 11.6 Å². The quantitative estimate of drug-likeness (QED) is 0.836. The van der Waals surface area contributed by atoms with Crippen molar-refractivity contribution in [3.63, 3.8) is 0 Å². The average Bonchev–Trinajstić information content (AvgIpc) is 2.38. The minimum Gasteiger partial charge on any atom is -0.376 e. The van der Waals surface area contributed by atoms with E-state index in [9.17, 15) is 0 Å². The van der Waals surface area contributed by atoms with Crippen LogP contribution in [0, 0.1) is 0 Å². The zero-order valence-corrected chi connectivity index (χ0v) is 11.5. The van der Waals surface area contributed by atoms with Crippen molar-refractivity contribution in [3.05, 3.63) is 0 Å². The summed E-state index contributed by atoms with van der Waals surface area (Å²) in [6.07, 6.45) is 2.47. The number of nitrogens with zero attached hydrogens (tertiary/aromatic N) is 1. The predicted molar refractivity (Wildman–Crippen MR) is 71.8 cm³/mol. The van der Waals surface area contributed by atoms with Crippen molar-refractivity contribution < 1.29 is 9.47 Å². The van der Waals surface area contributed by atoms with Gasteiger partial charge in [0.2, 0.25) is 0 Å². The Bertz CT molecular complexity index is 280. The molecule has 0 aliphatic carbocycles. The highest BCUT2D eigenvalue weighted by Crippen LogP contribution is 2.24. The lowest BCUT2D eigenvalue weighted by atomic mass is 9.96. The molecule has 0 aromatic rings. The number of ether oxygens (including phenoxy) is 2. The van der Waals surface area contributed by atoms with Gasteiger partial charge >= 0.3 is 0 Å². The van der Waals surface area contributed by atoms with Gasteiger partial charge in [-0.05, 0) is 19.8 Å². The highest BCUT2D eigenvalue weighted by Gasteiger charge is 2.27. The second kappa shape index (κ2) is 6.07. The highest BCUT2D eigenvalue weighted by molar-refractivity contribution is 8.13. The summed E-state index contributed by atoms with van der Waals surface area (Å²) in [4.78, 5) is 4.61. The molecule has 2 aliphatic rings. The van der Waals surface area contributed by atoms with Gasteiger partial charge in [-0.2, -0.15) is 0 Å². The van der Waals surface area contributed by atoms with Gasteiger partial charge in [0.25, 0.3) is 0 Å². The molecule has 2 saturated heterocycles. The maximum atomic E-state index is 5.58. The lowest BCUT2D eigenvalue weighted by molar-refractivity contribution is -0.0832. The summed E-state index contributed by atoms with van der Waals surface area (Å²) in [5.41, 5.74) is 0.216. The summed E-state index contributed by atoms with van der Waals surface area (Å²) in [5, 5.41) is 4.60. The lowest BCUT2D eigenvalue weighted by Gasteiger charge is -2.35. The normalized spacial score (nSPS) is 36.8. The van der Waals surface area contributed by atoms with E-state index in [1.54, 1.807) is 0 Å². The van der Waals surface area contributed by atoms with E-state index in [4.69, 9.17) is 9.47 Å². The molecule has 2 unspecified atom stereocenters. The molecule has 0 bridgehead atoms. The van der Waals surface area contributed by atoms with Gasteiger partial charge in [-0.25, -0.2) is 0 Å². The van der Waals surface area contributed by atoms with Gasteiger partial charge in [-0.15, -0.1) is 0 Å². The Morgan fingerprint density at radius 2 is 2.41 bits per heavy atom. The molecule has 2 fully saturated rings. The van der Waals surface area contributed by atoms with E-state index in [1.807, 2.05) is 11.8 Å². The summed E-state index contributed by atoms with van der Waals surface area (Å²) < 4.78 is 10.9. The van der Waals surface area contributed by atoms with Crippen LogP contribution in [-0.2, 0) is 9.47 Å². The van der Waals surface area contributed by atoms with Crippen LogP contribution in [0.5, 0.6) is 0 Å². The molecule has 0 aromatic carbocycles. The Kier molecular flexibility index (Phi) is 4.70. The average molecular weight is 258 g/mol. The fraction of sp³-hybridized carbons (Fsp3) is 0.917. The van der Waals surface area contributed by atoms with Gasteiger partial charge < -0.3 is 14.8 Å². The van der Waals surface area contributed by atoms with Crippen LogP contribution in [0.15, 0.2) is 4.99 Å². The first kappa shape index (κ1) is 13.2. The molecule has 0 saturated carbocycles. The van der Waals surface area contributed by atoms with Crippen LogP contribution in [0.1, 0.15) is 26.7 Å². The summed E-state index contributed by atoms with van der Waals surface area (Å²) in [6.45, 7) is 7.28. The van der Waals surface area contributed by atoms with Gasteiger partial charge in [0.15, 0.2) is 5.17 Å². The minimum absolute atomic E-state index is 0.133. The Labute approximate surface area is 108 Å². The molecule has 1 N–H and O–H groups in total. The molecule has 17 heavy (non-hydrogen) atoms. The van der Waals surface area contributed by atoms with Gasteiger partial charge in [0.1, 0.15) is 6.10 Å². The van der Waals surface area contributed by atoms with Gasteiger partial charge in [0.05, 0.1) is 26.4 Å². The van der Waals surface area contributed by atoms with Crippen molar-refractivity contribution in [2.45, 2.75) is 38.3 Å². The SMILES string of the molecule is CCC1(C)CCSC(=NCC2COCCO2)N1. The van der Waals surface area contributed by atoms with Crippen LogP contribution in [0.4, 0.5) is 0 Å². The molecule has 0 amide bonds. The van der Waals surface area contributed by atoms with Crippen LogP contribution in [0.25, 0.3) is 0 Å². The maximum Gasteiger partial charge on any atom is 0.157 e. The Hall–Kier alpha value is -0.260.